The van der Waals surface area contributed by atoms with E-state index in [0.29, 0.717) is 0 Å². The molecule has 3 rings (SSSR count). The van der Waals surface area contributed by atoms with Crippen LogP contribution in [0.1, 0.15) is 36.2 Å². The van der Waals surface area contributed by atoms with E-state index in [2.05, 4.69) is 75.7 Å². The van der Waals surface area contributed by atoms with E-state index in [0.717, 1.165) is 51.5 Å². The lowest BCUT2D eigenvalue weighted by Crippen LogP contribution is -2.58. The van der Waals surface area contributed by atoms with Gasteiger partial charge in [0, 0.05) is 49.8 Å². The minimum Gasteiger partial charge on any atom is -0.381 e. The standard InChI is InChI=1S/C22H32N4OS/c1-18(19-7-4-3-5-8-19)26-22(11-14-27-15-12-22)17-25-21(23-2)24-13-10-20-9-6-16-28-20/h3-9,16,18,26H,10-15,17H2,1-2H3,(H2,23,24,25). The first kappa shape index (κ1) is 20.8. The minimum absolute atomic E-state index is 0.00111. The van der Waals surface area contributed by atoms with Crippen molar-refractivity contribution in [2.45, 2.75) is 37.8 Å². The molecule has 1 saturated heterocycles. The number of ether oxygens (including phenoxy) is 1. The Morgan fingerprint density at radius 1 is 1.14 bits per heavy atom. The third-order valence-electron chi connectivity index (χ3n) is 5.33. The van der Waals surface area contributed by atoms with Crippen molar-refractivity contribution in [2.75, 3.05) is 33.4 Å². The second kappa shape index (κ2) is 10.6. The predicted octanol–water partition coefficient (Wildman–Crippen LogP) is 3.36. The van der Waals surface area contributed by atoms with Gasteiger partial charge in [0.15, 0.2) is 5.96 Å². The third kappa shape index (κ3) is 6.06. The molecule has 0 radical (unpaired) electrons. The Balaban J connectivity index is 1.55. The van der Waals surface area contributed by atoms with E-state index in [4.69, 9.17) is 4.74 Å². The lowest BCUT2D eigenvalue weighted by atomic mass is 9.88. The highest BCUT2D eigenvalue weighted by molar-refractivity contribution is 7.09. The van der Waals surface area contributed by atoms with E-state index in [1.165, 1.54) is 10.4 Å². The van der Waals surface area contributed by atoms with Crippen LogP contribution in [0, 0.1) is 0 Å². The molecule has 1 aromatic carbocycles. The average Bonchev–Trinajstić information content (AvgIpc) is 3.25. The summed E-state index contributed by atoms with van der Waals surface area (Å²) in [6.07, 6.45) is 2.99. The van der Waals surface area contributed by atoms with Crippen molar-refractivity contribution in [3.63, 3.8) is 0 Å². The molecule has 1 aliphatic heterocycles. The van der Waals surface area contributed by atoms with Gasteiger partial charge < -0.3 is 20.7 Å². The van der Waals surface area contributed by atoms with Crippen molar-refractivity contribution in [1.29, 1.82) is 0 Å². The smallest absolute Gasteiger partial charge is 0.191 e. The molecular formula is C22H32N4OS. The van der Waals surface area contributed by atoms with Gasteiger partial charge in [-0.1, -0.05) is 36.4 Å². The normalized spacial score (nSPS) is 17.9. The van der Waals surface area contributed by atoms with E-state index >= 15 is 0 Å². The highest BCUT2D eigenvalue weighted by Crippen LogP contribution is 2.25. The number of guanidine groups is 1. The van der Waals surface area contributed by atoms with Gasteiger partial charge in [-0.3, -0.25) is 4.99 Å². The summed E-state index contributed by atoms with van der Waals surface area (Å²) in [5.41, 5.74) is 1.31. The van der Waals surface area contributed by atoms with Crippen LogP contribution in [-0.4, -0.2) is 44.8 Å². The van der Waals surface area contributed by atoms with Crippen LogP contribution in [-0.2, 0) is 11.2 Å². The molecule has 1 aliphatic rings. The fourth-order valence-electron chi connectivity index (χ4n) is 3.65. The second-order valence-electron chi connectivity index (χ2n) is 7.35. The maximum atomic E-state index is 5.64. The largest absolute Gasteiger partial charge is 0.381 e. The number of nitrogens with zero attached hydrogens (tertiary/aromatic N) is 1. The number of aliphatic imine (C=N–C) groups is 1. The lowest BCUT2D eigenvalue weighted by Gasteiger charge is -2.41. The Kier molecular flexibility index (Phi) is 7.89. The molecule has 1 aromatic heterocycles. The first-order chi connectivity index (χ1) is 13.7. The zero-order valence-corrected chi connectivity index (χ0v) is 17.7. The summed E-state index contributed by atoms with van der Waals surface area (Å²) in [7, 11) is 1.83. The number of hydrogen-bond donors (Lipinski definition) is 3. The summed E-state index contributed by atoms with van der Waals surface area (Å²) in [4.78, 5) is 5.79. The molecule has 5 nitrogen and oxygen atoms in total. The quantitative estimate of drug-likeness (QED) is 0.470. The average molecular weight is 401 g/mol. The molecule has 0 bridgehead atoms. The second-order valence-corrected chi connectivity index (χ2v) is 8.38. The summed E-state index contributed by atoms with van der Waals surface area (Å²) < 4.78 is 5.64. The van der Waals surface area contributed by atoms with Gasteiger partial charge >= 0.3 is 0 Å². The van der Waals surface area contributed by atoms with Crippen LogP contribution in [0.4, 0.5) is 0 Å². The maximum Gasteiger partial charge on any atom is 0.191 e. The fourth-order valence-corrected chi connectivity index (χ4v) is 4.36. The Morgan fingerprint density at radius 2 is 1.93 bits per heavy atom. The van der Waals surface area contributed by atoms with Crippen LogP contribution < -0.4 is 16.0 Å². The van der Waals surface area contributed by atoms with E-state index in [-0.39, 0.29) is 11.6 Å². The van der Waals surface area contributed by atoms with Gasteiger partial charge in [0.25, 0.3) is 0 Å². The molecular weight excluding hydrogens is 368 g/mol. The van der Waals surface area contributed by atoms with Crippen LogP contribution >= 0.6 is 11.3 Å². The van der Waals surface area contributed by atoms with Crippen LogP contribution in [0.5, 0.6) is 0 Å². The van der Waals surface area contributed by atoms with Gasteiger partial charge in [-0.05, 0) is 43.2 Å². The van der Waals surface area contributed by atoms with Gasteiger partial charge in [-0.15, -0.1) is 11.3 Å². The lowest BCUT2D eigenvalue weighted by molar-refractivity contribution is 0.0355. The van der Waals surface area contributed by atoms with E-state index in [9.17, 15) is 0 Å². The first-order valence-electron chi connectivity index (χ1n) is 10.1. The number of nitrogens with one attached hydrogen (secondary N) is 3. The summed E-state index contributed by atoms with van der Waals surface area (Å²) in [6.45, 7) is 5.53. The molecule has 0 amide bonds. The van der Waals surface area contributed by atoms with Gasteiger partial charge in [-0.2, -0.15) is 0 Å². The van der Waals surface area contributed by atoms with Crippen molar-refractivity contribution in [3.8, 4) is 0 Å². The first-order valence-corrected chi connectivity index (χ1v) is 11.0. The number of benzene rings is 1. The molecule has 6 heteroatoms. The van der Waals surface area contributed by atoms with Gasteiger partial charge in [0.2, 0.25) is 0 Å². The summed E-state index contributed by atoms with van der Waals surface area (Å²) in [5.74, 6) is 0.858. The molecule has 1 fully saturated rings. The number of thiophene rings is 1. The third-order valence-corrected chi connectivity index (χ3v) is 6.27. The van der Waals surface area contributed by atoms with Crippen molar-refractivity contribution in [3.05, 3.63) is 58.3 Å². The monoisotopic (exact) mass is 400 g/mol. The van der Waals surface area contributed by atoms with Gasteiger partial charge in [-0.25, -0.2) is 0 Å². The molecule has 0 aliphatic carbocycles. The molecule has 0 spiro atoms. The number of hydrogen-bond acceptors (Lipinski definition) is 4. The molecule has 1 atom stereocenters. The molecule has 2 aromatic rings. The van der Waals surface area contributed by atoms with Gasteiger partial charge in [0.05, 0.1) is 0 Å². The Hall–Kier alpha value is -1.89. The van der Waals surface area contributed by atoms with Crippen LogP contribution in [0.3, 0.4) is 0 Å². The highest BCUT2D eigenvalue weighted by atomic mass is 32.1. The Labute approximate surface area is 172 Å². The zero-order valence-electron chi connectivity index (χ0n) is 16.9. The van der Waals surface area contributed by atoms with E-state index in [1.807, 2.05) is 7.05 Å². The van der Waals surface area contributed by atoms with Crippen molar-refractivity contribution < 1.29 is 4.74 Å². The topological polar surface area (TPSA) is 57.7 Å². The molecule has 1 unspecified atom stereocenters. The molecule has 152 valence electrons. The molecule has 0 saturated carbocycles. The summed E-state index contributed by atoms with van der Waals surface area (Å²) >= 11 is 1.80. The van der Waals surface area contributed by atoms with Gasteiger partial charge in [0.1, 0.15) is 0 Å². The van der Waals surface area contributed by atoms with E-state index < -0.39 is 0 Å². The van der Waals surface area contributed by atoms with Crippen LogP contribution in [0.25, 0.3) is 0 Å². The summed E-state index contributed by atoms with van der Waals surface area (Å²) in [5, 5.41) is 13.0. The van der Waals surface area contributed by atoms with E-state index in [1.54, 1.807) is 11.3 Å². The Morgan fingerprint density at radius 3 is 2.61 bits per heavy atom. The minimum atomic E-state index is -0.00111. The van der Waals surface area contributed by atoms with Crippen molar-refractivity contribution >= 4 is 17.3 Å². The SMILES string of the molecule is CN=C(NCCc1cccs1)NCC1(NC(C)c2ccccc2)CCOCC1. The predicted molar refractivity (Wildman–Crippen MR) is 118 cm³/mol. The molecule has 2 heterocycles. The fraction of sp³-hybridized carbons (Fsp3) is 0.500. The molecule has 28 heavy (non-hydrogen) atoms. The number of rotatable bonds is 8. The Bertz CT molecular complexity index is 711. The summed E-state index contributed by atoms with van der Waals surface area (Å²) in [6, 6.07) is 15.2. The maximum absolute atomic E-state index is 5.64. The highest BCUT2D eigenvalue weighted by Gasteiger charge is 2.34. The zero-order chi connectivity index (χ0) is 19.7. The van der Waals surface area contributed by atoms with Crippen LogP contribution in [0.2, 0.25) is 0 Å². The van der Waals surface area contributed by atoms with Crippen LogP contribution in [0.15, 0.2) is 52.8 Å². The van der Waals surface area contributed by atoms with Crippen molar-refractivity contribution in [2.24, 2.45) is 4.99 Å². The molecule has 3 N–H and O–H groups in total. The van der Waals surface area contributed by atoms with Crippen molar-refractivity contribution in [1.82, 2.24) is 16.0 Å².